The summed E-state index contributed by atoms with van der Waals surface area (Å²) < 4.78 is 0. The van der Waals surface area contributed by atoms with Crippen LogP contribution < -0.4 is 0 Å². The van der Waals surface area contributed by atoms with Gasteiger partial charge < -0.3 is 5.11 Å². The number of hydrogen-bond donors (Lipinski definition) is 1. The Labute approximate surface area is 143 Å². The number of aromatic nitrogens is 1. The summed E-state index contributed by atoms with van der Waals surface area (Å²) in [6.45, 7) is 2.96. The second kappa shape index (κ2) is 7.58. The molecule has 0 saturated carbocycles. The van der Waals surface area contributed by atoms with Crippen LogP contribution in [0.2, 0.25) is 0 Å². The minimum Gasteiger partial charge on any atom is -0.480 e. The number of aliphatic carboxylic acids is 1. The Balaban J connectivity index is 1.91. The van der Waals surface area contributed by atoms with Crippen LogP contribution in [0.3, 0.4) is 0 Å². The number of nitrogens with zero attached hydrogens (tertiary/aromatic N) is 2. The molecule has 2 heterocycles. The Kier molecular flexibility index (Phi) is 5.26. The number of likely N-dealkylation sites (tertiary alicyclic amines) is 1. The zero-order valence-electron chi connectivity index (χ0n) is 14.1. The number of rotatable bonds is 6. The number of carboxylic acid groups (broad SMARTS) is 1. The monoisotopic (exact) mass is 324 g/mol. The zero-order chi connectivity index (χ0) is 16.9. The van der Waals surface area contributed by atoms with E-state index in [4.69, 9.17) is 0 Å². The first-order valence-corrected chi connectivity index (χ1v) is 8.66. The van der Waals surface area contributed by atoms with Crippen LogP contribution in [-0.4, -0.2) is 33.5 Å². The first-order chi connectivity index (χ1) is 11.7. The van der Waals surface area contributed by atoms with Crippen LogP contribution in [0.1, 0.15) is 42.6 Å². The Hall–Kier alpha value is -2.20. The smallest absolute Gasteiger partial charge is 0.320 e. The lowest BCUT2D eigenvalue weighted by molar-refractivity contribution is -0.143. The molecule has 2 unspecified atom stereocenters. The number of carboxylic acids is 1. The van der Waals surface area contributed by atoms with E-state index >= 15 is 0 Å². The predicted molar refractivity (Wildman–Crippen MR) is 93.9 cm³/mol. The maximum absolute atomic E-state index is 11.6. The van der Waals surface area contributed by atoms with E-state index in [-0.39, 0.29) is 6.04 Å². The Morgan fingerprint density at radius 2 is 2.08 bits per heavy atom. The van der Waals surface area contributed by atoms with E-state index in [0.29, 0.717) is 0 Å². The van der Waals surface area contributed by atoms with Crippen LogP contribution in [0.15, 0.2) is 48.7 Å². The molecule has 24 heavy (non-hydrogen) atoms. The maximum Gasteiger partial charge on any atom is 0.320 e. The molecule has 1 saturated heterocycles. The summed E-state index contributed by atoms with van der Waals surface area (Å²) in [5, 5.41) is 9.57. The Morgan fingerprint density at radius 1 is 1.29 bits per heavy atom. The highest BCUT2D eigenvalue weighted by Gasteiger charge is 2.36. The molecule has 0 radical (unpaired) electrons. The quantitative estimate of drug-likeness (QED) is 0.884. The van der Waals surface area contributed by atoms with Crippen molar-refractivity contribution in [2.24, 2.45) is 0 Å². The Morgan fingerprint density at radius 3 is 2.71 bits per heavy atom. The first-order valence-electron chi connectivity index (χ1n) is 8.66. The summed E-state index contributed by atoms with van der Waals surface area (Å²) in [6, 6.07) is 14.1. The number of aryl methyl sites for hydroxylation is 1. The van der Waals surface area contributed by atoms with Gasteiger partial charge in [0.15, 0.2) is 0 Å². The normalized spacial score (nSPS) is 19.3. The van der Waals surface area contributed by atoms with E-state index in [1.54, 1.807) is 6.20 Å². The van der Waals surface area contributed by atoms with Crippen LogP contribution in [0.25, 0.3) is 0 Å². The van der Waals surface area contributed by atoms with Gasteiger partial charge in [-0.1, -0.05) is 37.3 Å². The van der Waals surface area contributed by atoms with E-state index in [0.717, 1.165) is 37.9 Å². The molecule has 0 spiro atoms. The fraction of sp³-hybridized carbons (Fsp3) is 0.400. The lowest BCUT2D eigenvalue weighted by Gasteiger charge is -2.31. The van der Waals surface area contributed by atoms with Gasteiger partial charge in [0, 0.05) is 24.4 Å². The van der Waals surface area contributed by atoms with Gasteiger partial charge in [-0.05, 0) is 49.1 Å². The zero-order valence-corrected chi connectivity index (χ0v) is 14.1. The van der Waals surface area contributed by atoms with Crippen LogP contribution >= 0.6 is 0 Å². The summed E-state index contributed by atoms with van der Waals surface area (Å²) >= 11 is 0. The molecule has 126 valence electrons. The van der Waals surface area contributed by atoms with Crippen LogP contribution in [0.4, 0.5) is 0 Å². The van der Waals surface area contributed by atoms with E-state index in [1.165, 1.54) is 11.1 Å². The average molecular weight is 324 g/mol. The average Bonchev–Trinajstić information content (AvgIpc) is 3.10. The highest BCUT2D eigenvalue weighted by Crippen LogP contribution is 2.32. The van der Waals surface area contributed by atoms with Gasteiger partial charge in [-0.2, -0.15) is 0 Å². The van der Waals surface area contributed by atoms with Crippen molar-refractivity contribution < 1.29 is 9.90 Å². The molecule has 1 aliphatic heterocycles. The molecule has 1 aliphatic rings. The van der Waals surface area contributed by atoms with Gasteiger partial charge >= 0.3 is 5.97 Å². The van der Waals surface area contributed by atoms with Crippen LogP contribution in [0, 0.1) is 0 Å². The summed E-state index contributed by atoms with van der Waals surface area (Å²) in [6.07, 6.45) is 5.19. The predicted octanol–water partition coefficient (Wildman–Crippen LogP) is 3.48. The van der Waals surface area contributed by atoms with Gasteiger partial charge in [0.05, 0.1) is 0 Å². The summed E-state index contributed by atoms with van der Waals surface area (Å²) in [5.41, 5.74) is 3.47. The second-order valence-electron chi connectivity index (χ2n) is 6.37. The molecule has 0 bridgehead atoms. The molecular weight excluding hydrogens is 300 g/mol. The van der Waals surface area contributed by atoms with Crippen molar-refractivity contribution in [2.45, 2.75) is 44.7 Å². The summed E-state index contributed by atoms with van der Waals surface area (Å²) in [5.74, 6) is -0.719. The molecular formula is C20H24N2O2. The van der Waals surface area contributed by atoms with Crippen molar-refractivity contribution in [3.05, 3.63) is 65.5 Å². The number of carbonyl (C=O) groups is 1. The van der Waals surface area contributed by atoms with E-state index in [9.17, 15) is 9.90 Å². The molecule has 3 rings (SSSR count). The second-order valence-corrected chi connectivity index (χ2v) is 6.37. The topological polar surface area (TPSA) is 53.4 Å². The SMILES string of the molecule is CCc1ccc(C(Cc2ccccn2)N2CCCC2C(=O)O)cc1. The minimum atomic E-state index is -0.719. The fourth-order valence-corrected chi connectivity index (χ4v) is 3.55. The third-order valence-electron chi connectivity index (χ3n) is 4.88. The third-order valence-corrected chi connectivity index (χ3v) is 4.88. The largest absolute Gasteiger partial charge is 0.480 e. The lowest BCUT2D eigenvalue weighted by atomic mass is 9.97. The van der Waals surface area contributed by atoms with Crippen LogP contribution in [-0.2, 0) is 17.6 Å². The highest BCUT2D eigenvalue weighted by molar-refractivity contribution is 5.74. The van der Waals surface area contributed by atoms with Crippen LogP contribution in [0.5, 0.6) is 0 Å². The molecule has 0 aliphatic carbocycles. The maximum atomic E-state index is 11.6. The van der Waals surface area contributed by atoms with E-state index in [1.807, 2.05) is 18.2 Å². The van der Waals surface area contributed by atoms with Crippen molar-refractivity contribution in [2.75, 3.05) is 6.54 Å². The van der Waals surface area contributed by atoms with Gasteiger partial charge in [0.25, 0.3) is 0 Å². The van der Waals surface area contributed by atoms with Gasteiger partial charge in [0.1, 0.15) is 6.04 Å². The van der Waals surface area contributed by atoms with E-state index in [2.05, 4.69) is 41.1 Å². The third kappa shape index (κ3) is 3.65. The number of benzene rings is 1. The first kappa shape index (κ1) is 16.7. The highest BCUT2D eigenvalue weighted by atomic mass is 16.4. The summed E-state index contributed by atoms with van der Waals surface area (Å²) in [4.78, 5) is 18.2. The number of pyridine rings is 1. The molecule has 4 nitrogen and oxygen atoms in total. The van der Waals surface area contributed by atoms with Crippen molar-refractivity contribution >= 4 is 5.97 Å². The minimum absolute atomic E-state index is 0.0504. The Bertz CT molecular complexity index is 670. The fourth-order valence-electron chi connectivity index (χ4n) is 3.55. The van der Waals surface area contributed by atoms with E-state index < -0.39 is 12.0 Å². The van der Waals surface area contributed by atoms with Crippen molar-refractivity contribution in [1.82, 2.24) is 9.88 Å². The van der Waals surface area contributed by atoms with Gasteiger partial charge in [-0.15, -0.1) is 0 Å². The van der Waals surface area contributed by atoms with Crippen molar-refractivity contribution in [1.29, 1.82) is 0 Å². The summed E-state index contributed by atoms with van der Waals surface area (Å²) in [7, 11) is 0. The lowest BCUT2D eigenvalue weighted by Crippen LogP contribution is -2.39. The van der Waals surface area contributed by atoms with Gasteiger partial charge in [-0.25, -0.2) is 0 Å². The van der Waals surface area contributed by atoms with Gasteiger partial charge in [0.2, 0.25) is 0 Å². The molecule has 1 N–H and O–H groups in total. The molecule has 4 heteroatoms. The molecule has 1 fully saturated rings. The number of hydrogen-bond acceptors (Lipinski definition) is 3. The molecule has 2 atom stereocenters. The molecule has 2 aromatic rings. The molecule has 0 amide bonds. The van der Waals surface area contributed by atoms with Crippen molar-refractivity contribution in [3.63, 3.8) is 0 Å². The molecule has 1 aromatic carbocycles. The van der Waals surface area contributed by atoms with Gasteiger partial charge in [-0.3, -0.25) is 14.7 Å². The molecule has 1 aromatic heterocycles. The van der Waals surface area contributed by atoms with Crippen molar-refractivity contribution in [3.8, 4) is 0 Å². The standard InChI is InChI=1S/C20H24N2O2/c1-2-15-8-10-16(11-9-15)19(14-17-6-3-4-12-21-17)22-13-5-7-18(22)20(23)24/h3-4,6,8-12,18-19H,2,5,7,13-14H2,1H3,(H,23,24).